The fourth-order valence-corrected chi connectivity index (χ4v) is 2.66. The van der Waals surface area contributed by atoms with E-state index in [1.54, 1.807) is 0 Å². The van der Waals surface area contributed by atoms with Crippen LogP contribution in [0.1, 0.15) is 23.0 Å². The number of fused-ring (bicyclic) bond motifs is 1. The van der Waals surface area contributed by atoms with E-state index in [9.17, 15) is 9.18 Å². The average Bonchev–Trinajstić information content (AvgIpc) is 2.90. The van der Waals surface area contributed by atoms with Crippen LogP contribution in [0, 0.1) is 5.82 Å². The molecule has 1 amide bonds. The fraction of sp³-hybridized carbons (Fsp3) is 0.167. The summed E-state index contributed by atoms with van der Waals surface area (Å²) in [6.45, 7) is 3.37. The van der Waals surface area contributed by atoms with Crippen LogP contribution in [0.25, 0.3) is 10.9 Å². The number of carbonyl (C=O) groups is 1. The van der Waals surface area contributed by atoms with Gasteiger partial charge in [-0.3, -0.25) is 4.79 Å². The van der Waals surface area contributed by atoms with Crippen molar-refractivity contribution in [1.29, 1.82) is 0 Å². The average molecular weight is 296 g/mol. The highest BCUT2D eigenvalue weighted by Gasteiger charge is 2.09. The molecule has 3 aromatic rings. The molecule has 3 nitrogen and oxygen atoms in total. The zero-order chi connectivity index (χ0) is 15.5. The van der Waals surface area contributed by atoms with Crippen LogP contribution in [0.15, 0.2) is 54.6 Å². The number of aryl methyl sites for hydroxylation is 1. The molecule has 0 aliphatic heterocycles. The van der Waals surface area contributed by atoms with Crippen molar-refractivity contribution in [3.8, 4) is 0 Å². The van der Waals surface area contributed by atoms with Gasteiger partial charge in [-0.2, -0.15) is 0 Å². The second-order valence-corrected chi connectivity index (χ2v) is 5.13. The maximum Gasteiger partial charge on any atom is 0.251 e. The standard InChI is InChI=1S/C18H17FN2O/c1-2-21-16(11-14-5-3-4-6-17(14)21)12-20-18(22)13-7-9-15(19)10-8-13/h3-11H,2,12H2,1H3,(H,20,22). The van der Waals surface area contributed by atoms with Gasteiger partial charge in [0.2, 0.25) is 0 Å². The third kappa shape index (κ3) is 2.72. The predicted molar refractivity (Wildman–Crippen MR) is 85.2 cm³/mol. The highest BCUT2D eigenvalue weighted by Crippen LogP contribution is 2.19. The summed E-state index contributed by atoms with van der Waals surface area (Å²) in [5.41, 5.74) is 2.68. The SMILES string of the molecule is CCn1c(CNC(=O)c2ccc(F)cc2)cc2ccccc21. The molecule has 0 unspecified atom stereocenters. The van der Waals surface area contributed by atoms with E-state index in [-0.39, 0.29) is 11.7 Å². The first-order valence-electron chi connectivity index (χ1n) is 7.30. The largest absolute Gasteiger partial charge is 0.346 e. The lowest BCUT2D eigenvalue weighted by Crippen LogP contribution is -2.24. The molecule has 4 heteroatoms. The minimum Gasteiger partial charge on any atom is -0.346 e. The molecule has 0 fully saturated rings. The summed E-state index contributed by atoms with van der Waals surface area (Å²) >= 11 is 0. The zero-order valence-electron chi connectivity index (χ0n) is 12.3. The number of nitrogens with zero attached hydrogens (tertiary/aromatic N) is 1. The Hall–Kier alpha value is -2.62. The first-order chi connectivity index (χ1) is 10.7. The molecule has 112 valence electrons. The van der Waals surface area contributed by atoms with E-state index in [0.717, 1.165) is 23.1 Å². The van der Waals surface area contributed by atoms with E-state index < -0.39 is 0 Å². The molecule has 1 aromatic heterocycles. The lowest BCUT2D eigenvalue weighted by molar-refractivity contribution is 0.0950. The van der Waals surface area contributed by atoms with Gasteiger partial charge in [-0.15, -0.1) is 0 Å². The summed E-state index contributed by atoms with van der Waals surface area (Å²) in [5, 5.41) is 4.05. The van der Waals surface area contributed by atoms with Crippen molar-refractivity contribution in [2.45, 2.75) is 20.0 Å². The Balaban J connectivity index is 1.79. The molecule has 2 aromatic carbocycles. The number of nitrogens with one attached hydrogen (secondary N) is 1. The Bertz CT molecular complexity index is 806. The Morgan fingerprint density at radius 3 is 2.59 bits per heavy atom. The molecular weight excluding hydrogens is 279 g/mol. The second-order valence-electron chi connectivity index (χ2n) is 5.13. The minimum atomic E-state index is -0.345. The summed E-state index contributed by atoms with van der Waals surface area (Å²) in [4.78, 5) is 12.1. The van der Waals surface area contributed by atoms with Crippen LogP contribution in [-0.4, -0.2) is 10.5 Å². The molecule has 0 atom stereocenters. The van der Waals surface area contributed by atoms with Gasteiger partial charge in [0.25, 0.3) is 5.91 Å². The van der Waals surface area contributed by atoms with Crippen molar-refractivity contribution in [3.63, 3.8) is 0 Å². The van der Waals surface area contributed by atoms with Crippen molar-refractivity contribution in [3.05, 3.63) is 71.7 Å². The number of halogens is 1. The Morgan fingerprint density at radius 2 is 1.86 bits per heavy atom. The van der Waals surface area contributed by atoms with E-state index in [4.69, 9.17) is 0 Å². The highest BCUT2D eigenvalue weighted by molar-refractivity contribution is 5.94. The van der Waals surface area contributed by atoms with Crippen LogP contribution in [-0.2, 0) is 13.1 Å². The molecular formula is C18H17FN2O. The highest BCUT2D eigenvalue weighted by atomic mass is 19.1. The van der Waals surface area contributed by atoms with Crippen molar-refractivity contribution < 1.29 is 9.18 Å². The molecule has 1 heterocycles. The number of rotatable bonds is 4. The molecule has 3 rings (SSSR count). The van der Waals surface area contributed by atoms with Crippen LogP contribution in [0.3, 0.4) is 0 Å². The fourth-order valence-electron chi connectivity index (χ4n) is 2.66. The number of benzene rings is 2. The Morgan fingerprint density at radius 1 is 1.14 bits per heavy atom. The third-order valence-corrected chi connectivity index (χ3v) is 3.75. The van der Waals surface area contributed by atoms with Crippen LogP contribution in [0.4, 0.5) is 4.39 Å². The van der Waals surface area contributed by atoms with E-state index >= 15 is 0 Å². The summed E-state index contributed by atoms with van der Waals surface area (Å²) in [7, 11) is 0. The maximum atomic E-state index is 12.9. The summed E-state index contributed by atoms with van der Waals surface area (Å²) in [5.74, 6) is -0.546. The summed E-state index contributed by atoms with van der Waals surface area (Å²) in [6, 6.07) is 15.8. The van der Waals surface area contributed by atoms with Crippen LogP contribution in [0.2, 0.25) is 0 Å². The van der Waals surface area contributed by atoms with Crippen molar-refractivity contribution in [1.82, 2.24) is 9.88 Å². The number of para-hydroxylation sites is 1. The van der Waals surface area contributed by atoms with Gasteiger partial charge in [0, 0.05) is 23.3 Å². The van der Waals surface area contributed by atoms with Crippen LogP contribution < -0.4 is 5.32 Å². The third-order valence-electron chi connectivity index (χ3n) is 3.75. The number of amides is 1. The number of carbonyl (C=O) groups excluding carboxylic acids is 1. The molecule has 1 N–H and O–H groups in total. The first-order valence-corrected chi connectivity index (χ1v) is 7.30. The lowest BCUT2D eigenvalue weighted by atomic mass is 10.2. The van der Waals surface area contributed by atoms with E-state index in [1.165, 1.54) is 24.3 Å². The van der Waals surface area contributed by atoms with Crippen molar-refractivity contribution >= 4 is 16.8 Å². The van der Waals surface area contributed by atoms with Gasteiger partial charge >= 0.3 is 0 Å². The molecule has 0 aliphatic rings. The van der Waals surface area contributed by atoms with Gasteiger partial charge in [0.05, 0.1) is 6.54 Å². The normalized spacial score (nSPS) is 10.8. The molecule has 0 saturated heterocycles. The van der Waals surface area contributed by atoms with Crippen LogP contribution >= 0.6 is 0 Å². The van der Waals surface area contributed by atoms with Crippen molar-refractivity contribution in [2.75, 3.05) is 0 Å². The molecule has 0 spiro atoms. The van der Waals surface area contributed by atoms with Gasteiger partial charge in [0.1, 0.15) is 5.82 Å². The first kappa shape index (κ1) is 14.3. The van der Waals surface area contributed by atoms with Gasteiger partial charge in [-0.25, -0.2) is 4.39 Å². The van der Waals surface area contributed by atoms with Crippen molar-refractivity contribution in [2.24, 2.45) is 0 Å². The van der Waals surface area contributed by atoms with Gasteiger partial charge in [-0.1, -0.05) is 18.2 Å². The zero-order valence-corrected chi connectivity index (χ0v) is 12.3. The van der Waals surface area contributed by atoms with E-state index in [2.05, 4.69) is 35.0 Å². The number of hydrogen-bond acceptors (Lipinski definition) is 1. The smallest absolute Gasteiger partial charge is 0.251 e. The van der Waals surface area contributed by atoms with Gasteiger partial charge in [-0.05, 0) is 48.7 Å². The monoisotopic (exact) mass is 296 g/mol. The van der Waals surface area contributed by atoms with E-state index in [0.29, 0.717) is 12.1 Å². The molecule has 0 bridgehead atoms. The minimum absolute atomic E-state index is 0.201. The maximum absolute atomic E-state index is 12.9. The number of hydrogen-bond donors (Lipinski definition) is 1. The predicted octanol–water partition coefficient (Wildman–Crippen LogP) is 3.73. The van der Waals surface area contributed by atoms with Crippen LogP contribution in [0.5, 0.6) is 0 Å². The molecule has 0 saturated carbocycles. The summed E-state index contributed by atoms with van der Waals surface area (Å²) in [6.07, 6.45) is 0. The summed E-state index contributed by atoms with van der Waals surface area (Å²) < 4.78 is 15.1. The molecule has 0 radical (unpaired) electrons. The molecule has 22 heavy (non-hydrogen) atoms. The second kappa shape index (κ2) is 6.02. The Kier molecular flexibility index (Phi) is 3.92. The topological polar surface area (TPSA) is 34.0 Å². The lowest BCUT2D eigenvalue weighted by Gasteiger charge is -2.09. The Labute approximate surface area is 128 Å². The number of aromatic nitrogens is 1. The van der Waals surface area contributed by atoms with Gasteiger partial charge < -0.3 is 9.88 Å². The van der Waals surface area contributed by atoms with E-state index in [1.807, 2.05) is 12.1 Å². The quantitative estimate of drug-likeness (QED) is 0.782. The molecule has 0 aliphatic carbocycles. The van der Waals surface area contributed by atoms with Gasteiger partial charge in [0.15, 0.2) is 0 Å².